The first-order valence-electron chi connectivity index (χ1n) is 7.30. The van der Waals surface area contributed by atoms with Crippen LogP contribution in [-0.4, -0.2) is 43.4 Å². The Morgan fingerprint density at radius 1 is 1.45 bits per heavy atom. The topological polar surface area (TPSA) is 32.3 Å². The molecule has 20 heavy (non-hydrogen) atoms. The van der Waals surface area contributed by atoms with Crippen LogP contribution in [-0.2, 0) is 0 Å². The van der Waals surface area contributed by atoms with Crippen molar-refractivity contribution in [2.75, 3.05) is 26.7 Å². The zero-order chi connectivity index (χ0) is 14.5. The summed E-state index contributed by atoms with van der Waals surface area (Å²) in [7, 11) is 1.96. The van der Waals surface area contributed by atoms with Crippen LogP contribution in [0.5, 0.6) is 0 Å². The lowest BCUT2D eigenvalue weighted by molar-refractivity contribution is 0.0753. The van der Waals surface area contributed by atoms with Crippen LogP contribution in [0, 0.1) is 11.7 Å². The van der Waals surface area contributed by atoms with Gasteiger partial charge in [0.2, 0.25) is 0 Å². The first-order chi connectivity index (χ1) is 9.61. The van der Waals surface area contributed by atoms with Gasteiger partial charge in [0.05, 0.1) is 6.04 Å². The molecule has 1 N–H and O–H groups in total. The largest absolute Gasteiger partial charge is 0.319 e. The number of nitrogens with one attached hydrogen (secondary N) is 1. The third-order valence-corrected chi connectivity index (χ3v) is 4.10. The Hall–Kier alpha value is -1.26. The van der Waals surface area contributed by atoms with Crippen molar-refractivity contribution >= 4 is 5.78 Å². The number of ketones is 1. The van der Waals surface area contributed by atoms with E-state index in [1.165, 1.54) is 18.6 Å². The maximum atomic E-state index is 12.9. The molecule has 110 valence electrons. The van der Waals surface area contributed by atoms with Crippen molar-refractivity contribution in [3.05, 3.63) is 35.6 Å². The molecule has 1 aromatic rings. The maximum absolute atomic E-state index is 12.9. The standard InChI is InChI=1S/C16H23FN2O/c1-12(16(20)14-5-7-15(17)8-6-14)19-9-3-4-13(11-19)10-18-2/h5-8,12-13,18H,3-4,9-11H2,1-2H3. The molecule has 2 rings (SSSR count). The van der Waals surface area contributed by atoms with Gasteiger partial charge in [0.25, 0.3) is 0 Å². The van der Waals surface area contributed by atoms with Gasteiger partial charge in [-0.2, -0.15) is 0 Å². The number of benzene rings is 1. The molecule has 1 fully saturated rings. The summed E-state index contributed by atoms with van der Waals surface area (Å²) in [4.78, 5) is 14.7. The highest BCUT2D eigenvalue weighted by Crippen LogP contribution is 2.20. The van der Waals surface area contributed by atoms with Crippen LogP contribution in [0.3, 0.4) is 0 Å². The normalized spacial score (nSPS) is 21.6. The highest BCUT2D eigenvalue weighted by atomic mass is 19.1. The molecule has 3 nitrogen and oxygen atoms in total. The van der Waals surface area contributed by atoms with Crippen LogP contribution in [0.15, 0.2) is 24.3 Å². The van der Waals surface area contributed by atoms with E-state index < -0.39 is 0 Å². The number of likely N-dealkylation sites (tertiary alicyclic amines) is 1. The predicted octanol–water partition coefficient (Wildman–Crippen LogP) is 2.33. The Kier molecular flexibility index (Phi) is 5.26. The van der Waals surface area contributed by atoms with Crippen molar-refractivity contribution in [3.8, 4) is 0 Å². The average molecular weight is 278 g/mol. The molecule has 1 heterocycles. The minimum atomic E-state index is -0.304. The lowest BCUT2D eigenvalue weighted by Gasteiger charge is -2.36. The van der Waals surface area contributed by atoms with Gasteiger partial charge in [0.15, 0.2) is 5.78 Å². The second kappa shape index (κ2) is 6.95. The van der Waals surface area contributed by atoms with E-state index in [0.29, 0.717) is 11.5 Å². The number of rotatable bonds is 5. The van der Waals surface area contributed by atoms with Crippen LogP contribution >= 0.6 is 0 Å². The lowest BCUT2D eigenvalue weighted by atomic mass is 9.95. The van der Waals surface area contributed by atoms with Gasteiger partial charge in [-0.05, 0) is 70.1 Å². The van der Waals surface area contributed by atoms with Gasteiger partial charge in [-0.15, -0.1) is 0 Å². The molecule has 4 heteroatoms. The monoisotopic (exact) mass is 278 g/mol. The predicted molar refractivity (Wildman–Crippen MR) is 78.4 cm³/mol. The minimum Gasteiger partial charge on any atom is -0.319 e. The maximum Gasteiger partial charge on any atom is 0.179 e. The Labute approximate surface area is 120 Å². The molecule has 1 aliphatic rings. The first-order valence-corrected chi connectivity index (χ1v) is 7.30. The summed E-state index contributed by atoms with van der Waals surface area (Å²) in [6.45, 7) is 4.87. The minimum absolute atomic E-state index is 0.0788. The van der Waals surface area contributed by atoms with E-state index in [9.17, 15) is 9.18 Å². The van der Waals surface area contributed by atoms with E-state index >= 15 is 0 Å². The van der Waals surface area contributed by atoms with E-state index in [-0.39, 0.29) is 17.6 Å². The summed E-state index contributed by atoms with van der Waals surface area (Å²) < 4.78 is 12.9. The highest BCUT2D eigenvalue weighted by molar-refractivity contribution is 5.99. The van der Waals surface area contributed by atoms with Gasteiger partial charge >= 0.3 is 0 Å². The summed E-state index contributed by atoms with van der Waals surface area (Å²) in [5.41, 5.74) is 0.592. The van der Waals surface area contributed by atoms with Gasteiger partial charge in [-0.25, -0.2) is 4.39 Å². The number of carbonyl (C=O) groups is 1. The Bertz CT molecular complexity index is 444. The lowest BCUT2D eigenvalue weighted by Crippen LogP contribution is -2.46. The molecule has 2 unspecified atom stereocenters. The molecule has 0 spiro atoms. The van der Waals surface area contributed by atoms with E-state index in [4.69, 9.17) is 0 Å². The highest BCUT2D eigenvalue weighted by Gasteiger charge is 2.27. The van der Waals surface area contributed by atoms with Crippen molar-refractivity contribution in [3.63, 3.8) is 0 Å². The average Bonchev–Trinajstić information content (AvgIpc) is 2.47. The van der Waals surface area contributed by atoms with Gasteiger partial charge in [0.1, 0.15) is 5.82 Å². The van der Waals surface area contributed by atoms with Crippen LogP contribution < -0.4 is 5.32 Å². The number of hydrogen-bond acceptors (Lipinski definition) is 3. The molecule has 0 radical (unpaired) electrons. The van der Waals surface area contributed by atoms with Gasteiger partial charge < -0.3 is 5.32 Å². The molecule has 0 saturated carbocycles. The van der Waals surface area contributed by atoms with E-state index in [2.05, 4.69) is 10.2 Å². The van der Waals surface area contributed by atoms with Crippen LogP contribution in [0.4, 0.5) is 4.39 Å². The fourth-order valence-corrected chi connectivity index (χ4v) is 2.93. The number of piperidine rings is 1. The molecule has 0 aliphatic carbocycles. The molecular formula is C16H23FN2O. The van der Waals surface area contributed by atoms with E-state index in [1.807, 2.05) is 14.0 Å². The second-order valence-electron chi connectivity index (χ2n) is 5.61. The van der Waals surface area contributed by atoms with Gasteiger partial charge in [0, 0.05) is 12.1 Å². The quantitative estimate of drug-likeness (QED) is 0.839. The summed E-state index contributed by atoms with van der Waals surface area (Å²) in [5, 5.41) is 3.21. The summed E-state index contributed by atoms with van der Waals surface area (Å²) in [6.07, 6.45) is 2.35. The van der Waals surface area contributed by atoms with Crippen molar-refractivity contribution in [2.45, 2.75) is 25.8 Å². The molecule has 0 aromatic heterocycles. The summed E-state index contributed by atoms with van der Waals surface area (Å²) in [5.74, 6) is 0.383. The number of halogens is 1. The SMILES string of the molecule is CNCC1CCCN(C(C)C(=O)c2ccc(F)cc2)C1. The third kappa shape index (κ3) is 3.64. The number of hydrogen-bond donors (Lipinski definition) is 1. The Morgan fingerprint density at radius 3 is 2.80 bits per heavy atom. The van der Waals surface area contributed by atoms with Crippen LogP contribution in [0.25, 0.3) is 0 Å². The van der Waals surface area contributed by atoms with Crippen LogP contribution in [0.2, 0.25) is 0 Å². The molecule has 1 saturated heterocycles. The molecule has 1 aliphatic heterocycles. The fourth-order valence-electron chi connectivity index (χ4n) is 2.93. The molecule has 0 bridgehead atoms. The molecule has 0 amide bonds. The van der Waals surface area contributed by atoms with Gasteiger partial charge in [-0.1, -0.05) is 0 Å². The third-order valence-electron chi connectivity index (χ3n) is 4.10. The second-order valence-corrected chi connectivity index (χ2v) is 5.61. The zero-order valence-corrected chi connectivity index (χ0v) is 12.2. The number of carbonyl (C=O) groups excluding carboxylic acids is 1. The number of Topliss-reactive ketones (excluding diaryl/α,β-unsaturated/α-hetero) is 1. The van der Waals surface area contributed by atoms with E-state index in [1.54, 1.807) is 12.1 Å². The molecule has 2 atom stereocenters. The Morgan fingerprint density at radius 2 is 2.15 bits per heavy atom. The zero-order valence-electron chi connectivity index (χ0n) is 12.2. The van der Waals surface area contributed by atoms with Crippen LogP contribution in [0.1, 0.15) is 30.1 Å². The molecule has 1 aromatic carbocycles. The first kappa shape index (κ1) is 15.1. The van der Waals surface area contributed by atoms with Crippen molar-refractivity contribution in [1.29, 1.82) is 0 Å². The van der Waals surface area contributed by atoms with Crippen molar-refractivity contribution < 1.29 is 9.18 Å². The van der Waals surface area contributed by atoms with Gasteiger partial charge in [-0.3, -0.25) is 9.69 Å². The summed E-state index contributed by atoms with van der Waals surface area (Å²) in [6, 6.07) is 5.70. The Balaban J connectivity index is 2.00. The number of nitrogens with zero attached hydrogens (tertiary/aromatic N) is 1. The molecular weight excluding hydrogens is 255 g/mol. The fraction of sp³-hybridized carbons (Fsp3) is 0.562. The van der Waals surface area contributed by atoms with Crippen molar-refractivity contribution in [2.24, 2.45) is 5.92 Å². The smallest absolute Gasteiger partial charge is 0.179 e. The summed E-state index contributed by atoms with van der Waals surface area (Å²) >= 11 is 0. The van der Waals surface area contributed by atoms with Crippen molar-refractivity contribution in [1.82, 2.24) is 10.2 Å². The van der Waals surface area contributed by atoms with E-state index in [0.717, 1.165) is 26.1 Å².